The maximum Gasteiger partial charge on any atom is 0.336 e. The highest BCUT2D eigenvalue weighted by molar-refractivity contribution is 7.80. The maximum atomic E-state index is 11.9. The molecule has 0 saturated heterocycles. The first kappa shape index (κ1) is 22.0. The summed E-state index contributed by atoms with van der Waals surface area (Å²) >= 11 is 5.19. The van der Waals surface area contributed by atoms with Crippen LogP contribution in [0.3, 0.4) is 0 Å². The highest BCUT2D eigenvalue weighted by Gasteiger charge is 2.19. The summed E-state index contributed by atoms with van der Waals surface area (Å²) in [4.78, 5) is 13.6. The van der Waals surface area contributed by atoms with E-state index < -0.39 is 5.97 Å². The van der Waals surface area contributed by atoms with E-state index in [2.05, 4.69) is 0 Å². The van der Waals surface area contributed by atoms with E-state index in [-0.39, 0.29) is 10.7 Å². The molecule has 0 saturated carbocycles. The number of hydrogen-bond donors (Lipinski definition) is 1. The minimum absolute atomic E-state index is 0.0593. The predicted octanol–water partition coefficient (Wildman–Crippen LogP) is 3.56. The lowest BCUT2D eigenvalue weighted by Crippen LogP contribution is -2.25. The van der Waals surface area contributed by atoms with E-state index in [0.29, 0.717) is 34.1 Å². The topological polar surface area (TPSA) is 77.5 Å². The molecule has 2 aromatic carbocycles. The van der Waals surface area contributed by atoms with Crippen LogP contribution < -0.4 is 18.9 Å². The fourth-order valence-electron chi connectivity index (χ4n) is 2.55. The fraction of sp³-hybridized carbons (Fsp3) is 0.238. The first-order valence-electron chi connectivity index (χ1n) is 8.55. The summed E-state index contributed by atoms with van der Waals surface area (Å²) in [5.74, 6) is 0.368. The summed E-state index contributed by atoms with van der Waals surface area (Å²) in [7, 11) is 7.96. The van der Waals surface area contributed by atoms with Gasteiger partial charge in [-0.1, -0.05) is 18.2 Å². The number of rotatable bonds is 7. The van der Waals surface area contributed by atoms with Gasteiger partial charge in [-0.15, -0.1) is 0 Å². The summed E-state index contributed by atoms with van der Waals surface area (Å²) in [6.07, 6.45) is 1.51. The van der Waals surface area contributed by atoms with Gasteiger partial charge in [-0.3, -0.25) is 0 Å². The molecule has 0 atom stereocenters. The van der Waals surface area contributed by atoms with Crippen LogP contribution in [0, 0.1) is 0 Å². The number of carboxylic acids is 1. The van der Waals surface area contributed by atoms with Gasteiger partial charge in [0.2, 0.25) is 5.75 Å². The second kappa shape index (κ2) is 9.79. The van der Waals surface area contributed by atoms with Gasteiger partial charge in [-0.2, -0.15) is 0 Å². The third-order valence-electron chi connectivity index (χ3n) is 3.98. The van der Waals surface area contributed by atoms with Gasteiger partial charge in [0, 0.05) is 19.7 Å². The molecule has 0 aromatic heterocycles. The molecule has 154 valence electrons. The first-order valence-corrected chi connectivity index (χ1v) is 8.96. The molecule has 0 amide bonds. The van der Waals surface area contributed by atoms with Gasteiger partial charge in [0.1, 0.15) is 5.75 Å². The number of para-hydroxylation sites is 1. The molecule has 2 rings (SSSR count). The van der Waals surface area contributed by atoms with Crippen molar-refractivity contribution in [3.63, 3.8) is 0 Å². The van der Waals surface area contributed by atoms with Crippen molar-refractivity contribution in [1.82, 2.24) is 4.90 Å². The van der Waals surface area contributed by atoms with Gasteiger partial charge >= 0.3 is 5.97 Å². The zero-order valence-corrected chi connectivity index (χ0v) is 17.7. The Labute approximate surface area is 175 Å². The minimum Gasteiger partial charge on any atom is -0.496 e. The molecule has 8 heteroatoms. The Bertz CT molecular complexity index is 914. The third kappa shape index (κ3) is 5.17. The van der Waals surface area contributed by atoms with Crippen LogP contribution in [-0.4, -0.2) is 56.6 Å². The first-order chi connectivity index (χ1) is 13.8. The quantitative estimate of drug-likeness (QED) is 0.416. The van der Waals surface area contributed by atoms with Gasteiger partial charge < -0.3 is 29.0 Å². The van der Waals surface area contributed by atoms with Crippen molar-refractivity contribution in [1.29, 1.82) is 0 Å². The van der Waals surface area contributed by atoms with Crippen molar-refractivity contribution in [2.24, 2.45) is 0 Å². The molecule has 7 nitrogen and oxygen atoms in total. The van der Waals surface area contributed by atoms with Crippen molar-refractivity contribution >= 4 is 35.0 Å². The molecule has 0 heterocycles. The monoisotopic (exact) mass is 417 g/mol. The average molecular weight is 417 g/mol. The molecule has 2 aromatic rings. The SMILES string of the molecule is COc1ccccc1/C(=C\c1cc(OC)c(OC(=S)N(C)C)c(OC)c1)C(=O)O. The normalized spacial score (nSPS) is 10.9. The summed E-state index contributed by atoms with van der Waals surface area (Å²) in [5.41, 5.74) is 1.06. The lowest BCUT2D eigenvalue weighted by molar-refractivity contribution is -0.130. The van der Waals surface area contributed by atoms with Crippen LogP contribution in [-0.2, 0) is 4.79 Å². The van der Waals surface area contributed by atoms with Crippen molar-refractivity contribution in [2.75, 3.05) is 35.4 Å². The molecule has 0 unspecified atom stereocenters. The van der Waals surface area contributed by atoms with Crippen LogP contribution in [0.15, 0.2) is 36.4 Å². The van der Waals surface area contributed by atoms with Crippen molar-refractivity contribution in [3.05, 3.63) is 47.5 Å². The standard InChI is InChI=1S/C21H23NO6S/c1-22(2)21(29)28-19-17(26-4)11-13(12-18(19)27-5)10-15(20(23)24)14-8-6-7-9-16(14)25-3/h6-12H,1-5H3,(H,23,24)/b15-10+. The highest BCUT2D eigenvalue weighted by Crippen LogP contribution is 2.40. The largest absolute Gasteiger partial charge is 0.496 e. The zero-order valence-electron chi connectivity index (χ0n) is 16.9. The van der Waals surface area contributed by atoms with E-state index in [9.17, 15) is 9.90 Å². The molecular formula is C21H23NO6S. The van der Waals surface area contributed by atoms with Gasteiger partial charge in [0.25, 0.3) is 5.17 Å². The highest BCUT2D eigenvalue weighted by atomic mass is 32.1. The number of ether oxygens (including phenoxy) is 4. The lowest BCUT2D eigenvalue weighted by atomic mass is 10.0. The molecule has 0 spiro atoms. The summed E-state index contributed by atoms with van der Waals surface area (Å²) in [6.45, 7) is 0. The Balaban J connectivity index is 2.60. The second-order valence-electron chi connectivity index (χ2n) is 6.08. The molecule has 0 aliphatic heterocycles. The predicted molar refractivity (Wildman–Crippen MR) is 115 cm³/mol. The van der Waals surface area contributed by atoms with Crippen LogP contribution in [0.1, 0.15) is 11.1 Å². The zero-order chi connectivity index (χ0) is 21.6. The van der Waals surface area contributed by atoms with Crippen LogP contribution >= 0.6 is 12.2 Å². The van der Waals surface area contributed by atoms with Gasteiger partial charge in [0.05, 0.1) is 26.9 Å². The number of nitrogens with zero attached hydrogens (tertiary/aromatic N) is 1. The van der Waals surface area contributed by atoms with Crippen LogP contribution in [0.4, 0.5) is 0 Å². The Hall–Kier alpha value is -3.26. The third-order valence-corrected chi connectivity index (χ3v) is 4.42. The number of benzene rings is 2. The second-order valence-corrected chi connectivity index (χ2v) is 6.43. The van der Waals surface area contributed by atoms with Crippen molar-refractivity contribution < 1.29 is 28.8 Å². The summed E-state index contributed by atoms with van der Waals surface area (Å²) in [5, 5.41) is 9.99. The molecule has 0 aliphatic carbocycles. The number of carboxylic acid groups (broad SMARTS) is 1. The Morgan fingerprint density at radius 3 is 2.03 bits per heavy atom. The lowest BCUT2D eigenvalue weighted by Gasteiger charge is -2.18. The smallest absolute Gasteiger partial charge is 0.336 e. The average Bonchev–Trinajstić information content (AvgIpc) is 2.71. The molecule has 29 heavy (non-hydrogen) atoms. The molecular weight excluding hydrogens is 394 g/mol. The Kier molecular flexibility index (Phi) is 7.44. The van der Waals surface area contributed by atoms with Crippen LogP contribution in [0.5, 0.6) is 23.0 Å². The molecule has 0 radical (unpaired) electrons. The van der Waals surface area contributed by atoms with E-state index in [1.54, 1.807) is 55.4 Å². The molecule has 0 fully saturated rings. The number of aliphatic carboxylic acids is 1. The molecule has 0 bridgehead atoms. The number of carbonyl (C=O) groups is 1. The number of methoxy groups -OCH3 is 3. The van der Waals surface area contributed by atoms with Crippen LogP contribution in [0.25, 0.3) is 11.6 Å². The van der Waals surface area contributed by atoms with Gasteiger partial charge in [-0.05, 0) is 42.1 Å². The fourth-order valence-corrected chi connectivity index (χ4v) is 2.63. The van der Waals surface area contributed by atoms with E-state index in [1.165, 1.54) is 27.4 Å². The van der Waals surface area contributed by atoms with E-state index in [4.69, 9.17) is 31.2 Å². The number of hydrogen-bond acceptors (Lipinski definition) is 6. The maximum absolute atomic E-state index is 11.9. The van der Waals surface area contributed by atoms with Crippen molar-refractivity contribution in [2.45, 2.75) is 0 Å². The van der Waals surface area contributed by atoms with Gasteiger partial charge in [0.15, 0.2) is 11.5 Å². The van der Waals surface area contributed by atoms with E-state index >= 15 is 0 Å². The number of thiocarbonyl (C=S) groups is 1. The minimum atomic E-state index is -1.10. The Morgan fingerprint density at radius 2 is 1.55 bits per heavy atom. The van der Waals surface area contributed by atoms with E-state index in [0.717, 1.165) is 0 Å². The van der Waals surface area contributed by atoms with Crippen LogP contribution in [0.2, 0.25) is 0 Å². The van der Waals surface area contributed by atoms with E-state index in [1.807, 2.05) is 0 Å². The Morgan fingerprint density at radius 1 is 1.00 bits per heavy atom. The summed E-state index contributed by atoms with van der Waals surface area (Å²) in [6, 6.07) is 10.2. The van der Waals surface area contributed by atoms with Gasteiger partial charge in [-0.25, -0.2) is 4.79 Å². The van der Waals surface area contributed by atoms with Crippen molar-refractivity contribution in [3.8, 4) is 23.0 Å². The summed E-state index contributed by atoms with van der Waals surface area (Å²) < 4.78 is 21.8. The molecule has 1 N–H and O–H groups in total. The molecule has 0 aliphatic rings.